The average Bonchev–Trinajstić information content (AvgIpc) is 3.39. The average molecular weight is 391 g/mol. The lowest BCUT2D eigenvalue weighted by Gasteiger charge is -2.08. The van der Waals surface area contributed by atoms with Gasteiger partial charge < -0.3 is 10.6 Å². The third-order valence-corrected chi connectivity index (χ3v) is 5.01. The Kier molecular flexibility index (Phi) is 5.11. The molecule has 0 fully saturated rings. The van der Waals surface area contributed by atoms with Crippen molar-refractivity contribution < 1.29 is 9.59 Å². The van der Waals surface area contributed by atoms with Gasteiger partial charge in [-0.15, -0.1) is 21.5 Å². The number of thiophene rings is 1. The van der Waals surface area contributed by atoms with Crippen molar-refractivity contribution in [3.05, 3.63) is 82.4 Å². The van der Waals surface area contributed by atoms with E-state index in [1.165, 1.54) is 11.3 Å². The Labute approximate surface area is 165 Å². The summed E-state index contributed by atoms with van der Waals surface area (Å²) in [6.45, 7) is 0.431. The lowest BCUT2D eigenvalue weighted by Crippen LogP contribution is -2.26. The van der Waals surface area contributed by atoms with E-state index in [4.69, 9.17) is 0 Å². The van der Waals surface area contributed by atoms with Gasteiger partial charge in [-0.1, -0.05) is 18.2 Å². The summed E-state index contributed by atoms with van der Waals surface area (Å²) in [5.74, 6) is 0.389. The van der Waals surface area contributed by atoms with Gasteiger partial charge >= 0.3 is 0 Å². The molecule has 140 valence electrons. The fourth-order valence-corrected chi connectivity index (χ4v) is 3.41. The summed E-state index contributed by atoms with van der Waals surface area (Å²) >= 11 is 1.37. The van der Waals surface area contributed by atoms with Crippen molar-refractivity contribution >= 4 is 34.5 Å². The van der Waals surface area contributed by atoms with E-state index < -0.39 is 0 Å². The molecule has 0 saturated heterocycles. The zero-order chi connectivity index (χ0) is 19.3. The lowest BCUT2D eigenvalue weighted by molar-refractivity contribution is 0.0952. The molecule has 8 heteroatoms. The predicted octanol–water partition coefficient (Wildman–Crippen LogP) is 3.02. The highest BCUT2D eigenvalue weighted by Gasteiger charge is 2.10. The van der Waals surface area contributed by atoms with Gasteiger partial charge in [-0.3, -0.25) is 14.0 Å². The van der Waals surface area contributed by atoms with Gasteiger partial charge in [0.2, 0.25) is 0 Å². The highest BCUT2D eigenvalue weighted by atomic mass is 32.1. The van der Waals surface area contributed by atoms with Crippen LogP contribution in [0.5, 0.6) is 0 Å². The molecule has 2 amide bonds. The highest BCUT2D eigenvalue weighted by Crippen LogP contribution is 2.15. The molecule has 0 aliphatic heterocycles. The summed E-state index contributed by atoms with van der Waals surface area (Å²) in [7, 11) is 0. The quantitative estimate of drug-likeness (QED) is 0.529. The lowest BCUT2D eigenvalue weighted by atomic mass is 10.2. The van der Waals surface area contributed by atoms with Gasteiger partial charge in [-0.2, -0.15) is 0 Å². The number of hydrogen-bond acceptors (Lipinski definition) is 5. The fraction of sp³-hybridized carbons (Fsp3) is 0.100. The number of aromatic nitrogens is 3. The number of nitrogens with one attached hydrogen (secondary N) is 2. The van der Waals surface area contributed by atoms with Crippen LogP contribution >= 0.6 is 11.3 Å². The first-order chi connectivity index (χ1) is 13.7. The second-order valence-electron chi connectivity index (χ2n) is 6.06. The van der Waals surface area contributed by atoms with E-state index >= 15 is 0 Å². The van der Waals surface area contributed by atoms with Crippen LogP contribution in [-0.2, 0) is 6.42 Å². The molecular formula is C20H17N5O2S. The molecule has 1 aromatic carbocycles. The van der Waals surface area contributed by atoms with Gasteiger partial charge in [0.05, 0.1) is 4.88 Å². The van der Waals surface area contributed by atoms with Crippen molar-refractivity contribution in [2.45, 2.75) is 6.42 Å². The van der Waals surface area contributed by atoms with E-state index in [0.29, 0.717) is 29.1 Å². The van der Waals surface area contributed by atoms with Gasteiger partial charge in [-0.25, -0.2) is 0 Å². The van der Waals surface area contributed by atoms with Crippen LogP contribution < -0.4 is 10.6 Å². The number of fused-ring (bicyclic) bond motifs is 1. The molecule has 7 nitrogen and oxygen atoms in total. The molecule has 0 aliphatic rings. The topological polar surface area (TPSA) is 88.4 Å². The highest BCUT2D eigenvalue weighted by molar-refractivity contribution is 7.12. The zero-order valence-corrected chi connectivity index (χ0v) is 15.6. The van der Waals surface area contributed by atoms with Crippen LogP contribution in [0.3, 0.4) is 0 Å². The molecular weight excluding hydrogens is 374 g/mol. The van der Waals surface area contributed by atoms with Gasteiger partial charge in [0, 0.05) is 30.4 Å². The molecule has 0 radical (unpaired) electrons. The Hall–Kier alpha value is -3.52. The largest absolute Gasteiger partial charge is 0.352 e. The molecule has 4 aromatic rings. The maximum atomic E-state index is 12.4. The summed E-state index contributed by atoms with van der Waals surface area (Å²) in [4.78, 5) is 25.2. The van der Waals surface area contributed by atoms with Crippen LogP contribution in [0.25, 0.3) is 5.65 Å². The summed E-state index contributed by atoms with van der Waals surface area (Å²) < 4.78 is 1.90. The smallest absolute Gasteiger partial charge is 0.265 e. The van der Waals surface area contributed by atoms with E-state index in [2.05, 4.69) is 20.8 Å². The molecule has 2 N–H and O–H groups in total. The van der Waals surface area contributed by atoms with E-state index in [9.17, 15) is 9.59 Å². The Bertz CT molecular complexity index is 1120. The van der Waals surface area contributed by atoms with Crippen LogP contribution in [0.15, 0.2) is 66.2 Å². The number of carbonyl (C=O) groups excluding carboxylic acids is 2. The normalized spacial score (nSPS) is 10.7. The van der Waals surface area contributed by atoms with Crippen LogP contribution in [0.1, 0.15) is 25.9 Å². The Balaban J connectivity index is 1.36. The second kappa shape index (κ2) is 8.01. The van der Waals surface area contributed by atoms with Gasteiger partial charge in [0.1, 0.15) is 5.82 Å². The number of amides is 2. The summed E-state index contributed by atoms with van der Waals surface area (Å²) in [5, 5.41) is 15.8. The van der Waals surface area contributed by atoms with Crippen molar-refractivity contribution in [1.29, 1.82) is 0 Å². The number of anilines is 1. The first-order valence-electron chi connectivity index (χ1n) is 8.72. The SMILES string of the molecule is O=C(NCCc1nnc2ccccn12)c1cccc(NC(=O)c2cccs2)c1. The molecule has 3 heterocycles. The predicted molar refractivity (Wildman–Crippen MR) is 108 cm³/mol. The van der Waals surface area contributed by atoms with Crippen LogP contribution in [0.4, 0.5) is 5.69 Å². The molecule has 3 aromatic heterocycles. The molecule has 0 saturated carbocycles. The maximum absolute atomic E-state index is 12.4. The Morgan fingerprint density at radius 2 is 1.93 bits per heavy atom. The first kappa shape index (κ1) is 17.9. The number of pyridine rings is 1. The minimum Gasteiger partial charge on any atom is -0.352 e. The second-order valence-corrected chi connectivity index (χ2v) is 7.01. The van der Waals surface area contributed by atoms with Crippen molar-refractivity contribution in [2.75, 3.05) is 11.9 Å². The van der Waals surface area contributed by atoms with Crippen LogP contribution in [0.2, 0.25) is 0 Å². The summed E-state index contributed by atoms with van der Waals surface area (Å²) in [6.07, 6.45) is 2.46. The molecule has 0 bridgehead atoms. The van der Waals surface area contributed by atoms with Gasteiger partial charge in [0.25, 0.3) is 11.8 Å². The van der Waals surface area contributed by atoms with Crippen molar-refractivity contribution in [1.82, 2.24) is 19.9 Å². The van der Waals surface area contributed by atoms with E-state index in [-0.39, 0.29) is 11.8 Å². The molecule has 0 unspecified atom stereocenters. The minimum atomic E-state index is -0.207. The number of benzene rings is 1. The van der Waals surface area contributed by atoms with Crippen LogP contribution in [-0.4, -0.2) is 33.0 Å². The van der Waals surface area contributed by atoms with Gasteiger partial charge in [-0.05, 0) is 41.8 Å². The third kappa shape index (κ3) is 3.91. The van der Waals surface area contributed by atoms with Crippen molar-refractivity contribution in [3.63, 3.8) is 0 Å². The van der Waals surface area contributed by atoms with Crippen molar-refractivity contribution in [2.24, 2.45) is 0 Å². The Morgan fingerprint density at radius 3 is 2.79 bits per heavy atom. The van der Waals surface area contributed by atoms with E-state index in [0.717, 1.165) is 11.5 Å². The van der Waals surface area contributed by atoms with Gasteiger partial charge in [0.15, 0.2) is 5.65 Å². The molecule has 0 atom stereocenters. The molecule has 28 heavy (non-hydrogen) atoms. The number of nitrogens with zero attached hydrogens (tertiary/aromatic N) is 3. The number of carbonyl (C=O) groups is 2. The third-order valence-electron chi connectivity index (χ3n) is 4.15. The Morgan fingerprint density at radius 1 is 1.00 bits per heavy atom. The minimum absolute atomic E-state index is 0.189. The fourth-order valence-electron chi connectivity index (χ4n) is 2.79. The maximum Gasteiger partial charge on any atom is 0.265 e. The summed E-state index contributed by atoms with van der Waals surface area (Å²) in [6, 6.07) is 16.1. The first-order valence-corrected chi connectivity index (χ1v) is 9.60. The van der Waals surface area contributed by atoms with Crippen LogP contribution in [0, 0.1) is 0 Å². The van der Waals surface area contributed by atoms with Crippen molar-refractivity contribution in [3.8, 4) is 0 Å². The number of rotatable bonds is 6. The molecule has 4 rings (SSSR count). The van der Waals surface area contributed by atoms with E-state index in [1.807, 2.05) is 40.2 Å². The number of hydrogen-bond donors (Lipinski definition) is 2. The molecule has 0 spiro atoms. The monoisotopic (exact) mass is 391 g/mol. The standard InChI is InChI=1S/C20H17N5O2S/c26-19(21-10-9-18-24-23-17-8-1-2-11-25(17)18)14-5-3-6-15(13-14)22-20(27)16-7-4-12-28-16/h1-8,11-13H,9-10H2,(H,21,26)(H,22,27). The summed E-state index contributed by atoms with van der Waals surface area (Å²) in [5.41, 5.74) is 1.84. The van der Waals surface area contributed by atoms with E-state index in [1.54, 1.807) is 30.3 Å². The molecule has 0 aliphatic carbocycles. The zero-order valence-electron chi connectivity index (χ0n) is 14.8.